The van der Waals surface area contributed by atoms with Crippen molar-refractivity contribution in [1.29, 1.82) is 0 Å². The second-order valence-corrected chi connectivity index (χ2v) is 4.45. The van der Waals surface area contributed by atoms with E-state index in [0.717, 1.165) is 24.7 Å². The third kappa shape index (κ3) is 5.52. The molecule has 0 bridgehead atoms. The Kier molecular flexibility index (Phi) is 5.32. The molecular formula is C11H22N4. The molecule has 4 nitrogen and oxygen atoms in total. The molecule has 0 saturated carbocycles. The number of nitrogens with one attached hydrogen (secondary N) is 1. The Morgan fingerprint density at radius 2 is 2.20 bits per heavy atom. The van der Waals surface area contributed by atoms with Crippen LogP contribution in [0.25, 0.3) is 0 Å². The van der Waals surface area contributed by atoms with E-state index in [0.29, 0.717) is 0 Å². The van der Waals surface area contributed by atoms with Crippen LogP contribution < -0.4 is 5.32 Å². The van der Waals surface area contributed by atoms with E-state index in [1.165, 1.54) is 19.3 Å². The highest BCUT2D eigenvalue weighted by molar-refractivity contribution is 4.90. The van der Waals surface area contributed by atoms with Gasteiger partial charge in [-0.2, -0.15) is 0 Å². The van der Waals surface area contributed by atoms with E-state index in [1.807, 2.05) is 13.2 Å². The fraction of sp³-hybridized carbons (Fsp3) is 0.818. The van der Waals surface area contributed by atoms with E-state index in [-0.39, 0.29) is 0 Å². The van der Waals surface area contributed by atoms with Crippen molar-refractivity contribution in [2.75, 3.05) is 6.54 Å². The minimum atomic E-state index is 0.824. The summed E-state index contributed by atoms with van der Waals surface area (Å²) in [6.45, 7) is 6.44. The minimum Gasteiger partial charge on any atom is -0.311 e. The van der Waals surface area contributed by atoms with Gasteiger partial charge in [-0.05, 0) is 18.9 Å². The minimum absolute atomic E-state index is 0.824. The Balaban J connectivity index is 1.98. The van der Waals surface area contributed by atoms with E-state index in [1.54, 1.807) is 4.68 Å². The first kappa shape index (κ1) is 12.2. The molecule has 0 aliphatic heterocycles. The zero-order chi connectivity index (χ0) is 11.1. The molecule has 1 rings (SSSR count). The van der Waals surface area contributed by atoms with Gasteiger partial charge in [0.2, 0.25) is 0 Å². The fourth-order valence-corrected chi connectivity index (χ4v) is 1.50. The molecule has 0 atom stereocenters. The number of aromatic nitrogens is 3. The normalized spacial score (nSPS) is 11.2. The van der Waals surface area contributed by atoms with Crippen LogP contribution in [0.5, 0.6) is 0 Å². The molecule has 1 aromatic heterocycles. The smallest absolute Gasteiger partial charge is 0.0964 e. The standard InChI is InChI=1S/C11H22N4/c1-10(2)6-4-5-7-12-8-11-9-15(3)14-13-11/h9-10,12H,4-8H2,1-3H3. The summed E-state index contributed by atoms with van der Waals surface area (Å²) in [6.07, 6.45) is 5.83. The van der Waals surface area contributed by atoms with Crippen LogP contribution in [-0.4, -0.2) is 21.5 Å². The van der Waals surface area contributed by atoms with Gasteiger partial charge in [-0.1, -0.05) is 31.9 Å². The molecule has 1 aromatic rings. The van der Waals surface area contributed by atoms with Gasteiger partial charge in [-0.15, -0.1) is 5.10 Å². The summed E-state index contributed by atoms with van der Waals surface area (Å²) in [5, 5.41) is 11.3. The highest BCUT2D eigenvalue weighted by Crippen LogP contribution is 2.05. The quantitative estimate of drug-likeness (QED) is 0.697. The van der Waals surface area contributed by atoms with Gasteiger partial charge in [0.25, 0.3) is 0 Å². The lowest BCUT2D eigenvalue weighted by atomic mass is 10.1. The molecule has 1 heterocycles. The van der Waals surface area contributed by atoms with Crippen LogP contribution >= 0.6 is 0 Å². The topological polar surface area (TPSA) is 42.7 Å². The number of hydrogen-bond acceptors (Lipinski definition) is 3. The van der Waals surface area contributed by atoms with E-state index >= 15 is 0 Å². The summed E-state index contributed by atoms with van der Waals surface area (Å²) in [6, 6.07) is 0. The Labute approximate surface area is 92.1 Å². The van der Waals surface area contributed by atoms with Crippen LogP contribution in [0.1, 0.15) is 38.8 Å². The molecule has 0 saturated heterocycles. The predicted octanol–water partition coefficient (Wildman–Crippen LogP) is 1.73. The van der Waals surface area contributed by atoms with Crippen molar-refractivity contribution in [1.82, 2.24) is 20.3 Å². The molecule has 0 aliphatic carbocycles. The second-order valence-electron chi connectivity index (χ2n) is 4.45. The SMILES string of the molecule is CC(C)CCCCNCc1cn(C)nn1. The Morgan fingerprint density at radius 3 is 2.80 bits per heavy atom. The molecule has 1 N–H and O–H groups in total. The average Bonchev–Trinajstić information content (AvgIpc) is 2.57. The van der Waals surface area contributed by atoms with Crippen molar-refractivity contribution >= 4 is 0 Å². The summed E-state index contributed by atoms with van der Waals surface area (Å²) >= 11 is 0. The first-order valence-electron chi connectivity index (χ1n) is 5.74. The number of rotatable bonds is 7. The first-order chi connectivity index (χ1) is 7.18. The van der Waals surface area contributed by atoms with Crippen molar-refractivity contribution in [3.05, 3.63) is 11.9 Å². The van der Waals surface area contributed by atoms with Gasteiger partial charge in [0.05, 0.1) is 5.69 Å². The Morgan fingerprint density at radius 1 is 1.40 bits per heavy atom. The molecule has 0 aromatic carbocycles. The van der Waals surface area contributed by atoms with Gasteiger partial charge < -0.3 is 5.32 Å². The lowest BCUT2D eigenvalue weighted by molar-refractivity contribution is 0.519. The van der Waals surface area contributed by atoms with Crippen LogP contribution in [0.4, 0.5) is 0 Å². The van der Waals surface area contributed by atoms with Crippen molar-refractivity contribution in [2.45, 2.75) is 39.7 Å². The summed E-state index contributed by atoms with van der Waals surface area (Å²) < 4.78 is 1.73. The van der Waals surface area contributed by atoms with E-state index in [2.05, 4.69) is 29.5 Å². The molecule has 4 heteroatoms. The van der Waals surface area contributed by atoms with Gasteiger partial charge in [-0.3, -0.25) is 4.68 Å². The summed E-state index contributed by atoms with van der Waals surface area (Å²) in [5.74, 6) is 0.824. The lowest BCUT2D eigenvalue weighted by Gasteiger charge is -2.04. The molecule has 0 unspecified atom stereocenters. The largest absolute Gasteiger partial charge is 0.311 e. The Bertz CT molecular complexity index is 267. The second kappa shape index (κ2) is 6.56. The fourth-order valence-electron chi connectivity index (χ4n) is 1.50. The highest BCUT2D eigenvalue weighted by atomic mass is 15.4. The molecule has 0 radical (unpaired) electrons. The maximum absolute atomic E-state index is 4.01. The average molecular weight is 210 g/mol. The lowest BCUT2D eigenvalue weighted by Crippen LogP contribution is -2.15. The molecule has 0 aliphatic rings. The third-order valence-electron chi connectivity index (χ3n) is 2.34. The molecule has 0 spiro atoms. The molecule has 0 fully saturated rings. The van der Waals surface area contributed by atoms with Crippen molar-refractivity contribution in [3.8, 4) is 0 Å². The number of aryl methyl sites for hydroxylation is 1. The van der Waals surface area contributed by atoms with Gasteiger partial charge in [0.1, 0.15) is 0 Å². The number of nitrogens with zero attached hydrogens (tertiary/aromatic N) is 3. The van der Waals surface area contributed by atoms with Gasteiger partial charge in [0.15, 0.2) is 0 Å². The molecule has 86 valence electrons. The van der Waals surface area contributed by atoms with E-state index < -0.39 is 0 Å². The molecule has 15 heavy (non-hydrogen) atoms. The number of hydrogen-bond donors (Lipinski definition) is 1. The van der Waals surface area contributed by atoms with E-state index in [4.69, 9.17) is 0 Å². The molecular weight excluding hydrogens is 188 g/mol. The third-order valence-corrected chi connectivity index (χ3v) is 2.34. The maximum atomic E-state index is 4.01. The Hall–Kier alpha value is -0.900. The first-order valence-corrected chi connectivity index (χ1v) is 5.74. The van der Waals surface area contributed by atoms with Crippen molar-refractivity contribution in [2.24, 2.45) is 13.0 Å². The van der Waals surface area contributed by atoms with E-state index in [9.17, 15) is 0 Å². The van der Waals surface area contributed by atoms with Crippen LogP contribution in [0, 0.1) is 5.92 Å². The number of unbranched alkanes of at least 4 members (excludes halogenated alkanes) is 1. The predicted molar refractivity (Wildman–Crippen MR) is 61.4 cm³/mol. The van der Waals surface area contributed by atoms with Crippen molar-refractivity contribution in [3.63, 3.8) is 0 Å². The summed E-state index contributed by atoms with van der Waals surface area (Å²) in [5.41, 5.74) is 1.02. The summed E-state index contributed by atoms with van der Waals surface area (Å²) in [4.78, 5) is 0. The zero-order valence-electron chi connectivity index (χ0n) is 10.0. The maximum Gasteiger partial charge on any atom is 0.0964 e. The monoisotopic (exact) mass is 210 g/mol. The van der Waals surface area contributed by atoms with Gasteiger partial charge in [0, 0.05) is 19.8 Å². The summed E-state index contributed by atoms with van der Waals surface area (Å²) in [7, 11) is 1.89. The highest BCUT2D eigenvalue weighted by Gasteiger charge is 1.97. The zero-order valence-corrected chi connectivity index (χ0v) is 10.0. The van der Waals surface area contributed by atoms with Crippen LogP contribution in [-0.2, 0) is 13.6 Å². The van der Waals surface area contributed by atoms with Crippen LogP contribution in [0.2, 0.25) is 0 Å². The van der Waals surface area contributed by atoms with Crippen molar-refractivity contribution < 1.29 is 0 Å². The van der Waals surface area contributed by atoms with Crippen LogP contribution in [0.3, 0.4) is 0 Å². The van der Waals surface area contributed by atoms with Crippen LogP contribution in [0.15, 0.2) is 6.20 Å². The molecule has 0 amide bonds. The van der Waals surface area contributed by atoms with Gasteiger partial charge >= 0.3 is 0 Å². The van der Waals surface area contributed by atoms with Gasteiger partial charge in [-0.25, -0.2) is 0 Å².